The fraction of sp³-hybridized carbons (Fsp3) is 0.316. The van der Waals surface area contributed by atoms with Crippen molar-refractivity contribution in [2.45, 2.75) is 32.2 Å². The Kier molecular flexibility index (Phi) is 7.25. The molecule has 0 aliphatic heterocycles. The van der Waals surface area contributed by atoms with Crippen molar-refractivity contribution in [2.24, 2.45) is 0 Å². The Labute approximate surface area is 152 Å². The van der Waals surface area contributed by atoms with Crippen molar-refractivity contribution < 1.29 is 19.7 Å². The van der Waals surface area contributed by atoms with E-state index in [0.717, 1.165) is 11.1 Å². The first-order valence-corrected chi connectivity index (χ1v) is 8.42. The molecule has 0 saturated heterocycles. The summed E-state index contributed by atoms with van der Waals surface area (Å²) in [6.07, 6.45) is -2.47. The fourth-order valence-electron chi connectivity index (χ4n) is 2.27. The molecule has 2 aromatic rings. The molecule has 25 heavy (non-hydrogen) atoms. The second kappa shape index (κ2) is 9.42. The van der Waals surface area contributed by atoms with Crippen LogP contribution in [0.2, 0.25) is 5.02 Å². The third-order valence-corrected chi connectivity index (χ3v) is 4.23. The maximum absolute atomic E-state index is 11.6. The van der Waals surface area contributed by atoms with Crippen LogP contribution < -0.4 is 5.32 Å². The third kappa shape index (κ3) is 6.05. The van der Waals surface area contributed by atoms with Crippen LogP contribution in [0.1, 0.15) is 29.2 Å². The molecular weight excluding hydrogens is 342 g/mol. The van der Waals surface area contributed by atoms with Gasteiger partial charge in [-0.2, -0.15) is 0 Å². The van der Waals surface area contributed by atoms with Crippen LogP contribution in [0, 0.1) is 6.92 Å². The van der Waals surface area contributed by atoms with Crippen LogP contribution in [0.15, 0.2) is 48.5 Å². The van der Waals surface area contributed by atoms with Gasteiger partial charge in [0.25, 0.3) is 0 Å². The molecule has 5 nitrogen and oxygen atoms in total. The van der Waals surface area contributed by atoms with Crippen LogP contribution in [0.3, 0.4) is 0 Å². The van der Waals surface area contributed by atoms with Crippen molar-refractivity contribution in [3.63, 3.8) is 0 Å². The molecule has 0 spiro atoms. The Hall–Kier alpha value is -2.08. The van der Waals surface area contributed by atoms with Gasteiger partial charge in [0.1, 0.15) is 12.7 Å². The van der Waals surface area contributed by atoms with Crippen LogP contribution in [-0.4, -0.2) is 29.0 Å². The average Bonchev–Trinajstić information content (AvgIpc) is 2.62. The standard InChI is InChI=1S/C19H22ClNO4/c1-13-7-8-15(11-16(13)20)18(23)17(22)9-10-21-19(24)25-12-14-5-3-2-4-6-14/h2-8,11,17-18,22-23H,9-10,12H2,1H3,(H,21,24). The Morgan fingerprint density at radius 3 is 2.60 bits per heavy atom. The van der Waals surface area contributed by atoms with Crippen molar-refractivity contribution >= 4 is 17.7 Å². The molecule has 0 saturated carbocycles. The number of aliphatic hydroxyl groups is 2. The number of aryl methyl sites for hydroxylation is 1. The Morgan fingerprint density at radius 1 is 1.20 bits per heavy atom. The summed E-state index contributed by atoms with van der Waals surface area (Å²) in [5.41, 5.74) is 2.33. The van der Waals surface area contributed by atoms with Gasteiger partial charge in [0, 0.05) is 11.6 Å². The van der Waals surface area contributed by atoms with Gasteiger partial charge in [-0.1, -0.05) is 54.1 Å². The van der Waals surface area contributed by atoms with Gasteiger partial charge in [-0.15, -0.1) is 0 Å². The number of hydrogen-bond acceptors (Lipinski definition) is 4. The number of nitrogens with one attached hydrogen (secondary N) is 1. The van der Waals surface area contributed by atoms with E-state index < -0.39 is 18.3 Å². The number of carbonyl (C=O) groups is 1. The maximum atomic E-state index is 11.6. The molecule has 0 aliphatic rings. The third-order valence-electron chi connectivity index (χ3n) is 3.82. The smallest absolute Gasteiger partial charge is 0.407 e. The average molecular weight is 364 g/mol. The highest BCUT2D eigenvalue weighted by Crippen LogP contribution is 2.24. The highest BCUT2D eigenvalue weighted by atomic mass is 35.5. The van der Waals surface area contributed by atoms with E-state index in [-0.39, 0.29) is 19.6 Å². The zero-order valence-corrected chi connectivity index (χ0v) is 14.7. The molecule has 0 bridgehead atoms. The van der Waals surface area contributed by atoms with Crippen molar-refractivity contribution in [3.05, 3.63) is 70.2 Å². The minimum absolute atomic E-state index is 0.180. The lowest BCUT2D eigenvalue weighted by Crippen LogP contribution is -2.29. The van der Waals surface area contributed by atoms with Gasteiger partial charge < -0.3 is 20.3 Å². The lowest BCUT2D eigenvalue weighted by molar-refractivity contribution is 0.0136. The van der Waals surface area contributed by atoms with E-state index in [1.54, 1.807) is 18.2 Å². The molecule has 2 unspecified atom stereocenters. The molecule has 134 valence electrons. The van der Waals surface area contributed by atoms with Crippen molar-refractivity contribution in [2.75, 3.05) is 6.54 Å². The molecule has 2 aromatic carbocycles. The quantitative estimate of drug-likeness (QED) is 0.704. The van der Waals surface area contributed by atoms with Gasteiger partial charge in [-0.05, 0) is 36.1 Å². The van der Waals surface area contributed by atoms with E-state index >= 15 is 0 Å². The number of halogens is 1. The van der Waals surface area contributed by atoms with E-state index in [2.05, 4.69) is 5.32 Å². The maximum Gasteiger partial charge on any atom is 0.407 e. The number of hydrogen-bond donors (Lipinski definition) is 3. The molecule has 0 heterocycles. The van der Waals surface area contributed by atoms with E-state index in [4.69, 9.17) is 16.3 Å². The van der Waals surface area contributed by atoms with E-state index in [9.17, 15) is 15.0 Å². The van der Waals surface area contributed by atoms with Crippen LogP contribution in [-0.2, 0) is 11.3 Å². The van der Waals surface area contributed by atoms with Gasteiger partial charge >= 0.3 is 6.09 Å². The van der Waals surface area contributed by atoms with Crippen molar-refractivity contribution in [3.8, 4) is 0 Å². The van der Waals surface area contributed by atoms with Gasteiger partial charge in [0.2, 0.25) is 0 Å². The molecule has 2 rings (SSSR count). The first-order chi connectivity index (χ1) is 12.0. The first kappa shape index (κ1) is 19.2. The molecule has 1 amide bonds. The lowest BCUT2D eigenvalue weighted by Gasteiger charge is -2.19. The molecular formula is C19H22ClNO4. The highest BCUT2D eigenvalue weighted by molar-refractivity contribution is 6.31. The normalized spacial score (nSPS) is 13.1. The molecule has 3 N–H and O–H groups in total. The summed E-state index contributed by atoms with van der Waals surface area (Å²) in [6, 6.07) is 14.5. The topological polar surface area (TPSA) is 78.8 Å². The summed E-state index contributed by atoms with van der Waals surface area (Å²) in [6.45, 7) is 2.23. The van der Waals surface area contributed by atoms with Crippen LogP contribution in [0.25, 0.3) is 0 Å². The molecule has 2 atom stereocenters. The predicted octanol–water partition coefficient (Wildman–Crippen LogP) is 3.36. The molecule has 0 aromatic heterocycles. The van der Waals surface area contributed by atoms with E-state index in [1.807, 2.05) is 37.3 Å². The number of aliphatic hydroxyl groups excluding tert-OH is 2. The predicted molar refractivity (Wildman–Crippen MR) is 96.4 cm³/mol. The number of alkyl carbamates (subject to hydrolysis) is 1. The second-order valence-corrected chi connectivity index (χ2v) is 6.21. The van der Waals surface area contributed by atoms with Gasteiger partial charge in [-0.3, -0.25) is 0 Å². The van der Waals surface area contributed by atoms with Crippen LogP contribution >= 0.6 is 11.6 Å². The zero-order chi connectivity index (χ0) is 18.2. The van der Waals surface area contributed by atoms with Gasteiger partial charge in [0.15, 0.2) is 0 Å². The van der Waals surface area contributed by atoms with Crippen molar-refractivity contribution in [1.82, 2.24) is 5.32 Å². The Morgan fingerprint density at radius 2 is 1.92 bits per heavy atom. The number of benzene rings is 2. The molecule has 0 radical (unpaired) electrons. The summed E-state index contributed by atoms with van der Waals surface area (Å²) in [7, 11) is 0. The largest absolute Gasteiger partial charge is 0.445 e. The monoisotopic (exact) mass is 363 g/mol. The molecule has 0 fully saturated rings. The first-order valence-electron chi connectivity index (χ1n) is 8.04. The lowest BCUT2D eigenvalue weighted by atomic mass is 10.0. The van der Waals surface area contributed by atoms with Crippen LogP contribution in [0.5, 0.6) is 0 Å². The zero-order valence-electron chi connectivity index (χ0n) is 14.0. The minimum atomic E-state index is -1.07. The van der Waals surface area contributed by atoms with Crippen LogP contribution in [0.4, 0.5) is 4.79 Å². The van der Waals surface area contributed by atoms with E-state index in [0.29, 0.717) is 10.6 Å². The van der Waals surface area contributed by atoms with Crippen molar-refractivity contribution in [1.29, 1.82) is 0 Å². The number of carbonyl (C=O) groups excluding carboxylic acids is 1. The number of ether oxygens (including phenoxy) is 1. The number of amides is 1. The highest BCUT2D eigenvalue weighted by Gasteiger charge is 2.19. The molecule has 6 heteroatoms. The number of rotatable bonds is 7. The van der Waals surface area contributed by atoms with Gasteiger partial charge in [0.05, 0.1) is 6.10 Å². The summed E-state index contributed by atoms with van der Waals surface area (Å²) in [5.74, 6) is 0. The fourth-order valence-corrected chi connectivity index (χ4v) is 2.46. The summed E-state index contributed by atoms with van der Waals surface area (Å²) < 4.78 is 5.07. The Bertz CT molecular complexity index is 693. The second-order valence-electron chi connectivity index (χ2n) is 5.80. The minimum Gasteiger partial charge on any atom is -0.445 e. The SMILES string of the molecule is Cc1ccc(C(O)C(O)CCNC(=O)OCc2ccccc2)cc1Cl. The Balaban J connectivity index is 1.72. The van der Waals surface area contributed by atoms with Gasteiger partial charge in [-0.25, -0.2) is 4.79 Å². The summed E-state index contributed by atoms with van der Waals surface area (Å²) in [5, 5.41) is 23.3. The molecule has 0 aliphatic carbocycles. The summed E-state index contributed by atoms with van der Waals surface area (Å²) in [4.78, 5) is 11.6. The summed E-state index contributed by atoms with van der Waals surface area (Å²) >= 11 is 6.03. The van der Waals surface area contributed by atoms with E-state index in [1.165, 1.54) is 0 Å².